The zero-order chi connectivity index (χ0) is 16.1. The van der Waals surface area contributed by atoms with E-state index in [-0.39, 0.29) is 11.8 Å². The summed E-state index contributed by atoms with van der Waals surface area (Å²) in [6.45, 7) is 4.56. The molecule has 2 amide bonds. The average Bonchev–Trinajstić information content (AvgIpc) is 3.15. The third-order valence-corrected chi connectivity index (χ3v) is 4.88. The van der Waals surface area contributed by atoms with Gasteiger partial charge in [0.05, 0.1) is 6.26 Å². The lowest BCUT2D eigenvalue weighted by molar-refractivity contribution is -0.133. The molecule has 2 saturated heterocycles. The molecule has 0 bridgehead atoms. The molecule has 0 aromatic carbocycles. The molecule has 6 nitrogen and oxygen atoms in total. The van der Waals surface area contributed by atoms with E-state index in [0.717, 1.165) is 19.5 Å². The van der Waals surface area contributed by atoms with Crippen molar-refractivity contribution in [2.75, 3.05) is 39.3 Å². The SMILES string of the molecule is O=C(CCC1CCNCC1)N1CCN(C(=O)c2ccco2)CC1. The Labute approximate surface area is 136 Å². The summed E-state index contributed by atoms with van der Waals surface area (Å²) in [5, 5.41) is 3.35. The lowest BCUT2D eigenvalue weighted by Crippen LogP contribution is -2.50. The van der Waals surface area contributed by atoms with Crippen LogP contribution in [0.4, 0.5) is 0 Å². The van der Waals surface area contributed by atoms with Crippen LogP contribution in [-0.2, 0) is 4.79 Å². The molecule has 1 aromatic heterocycles. The van der Waals surface area contributed by atoms with E-state index in [4.69, 9.17) is 4.42 Å². The van der Waals surface area contributed by atoms with Gasteiger partial charge in [0, 0.05) is 32.6 Å². The summed E-state index contributed by atoms with van der Waals surface area (Å²) in [5.74, 6) is 1.20. The number of rotatable bonds is 4. The van der Waals surface area contributed by atoms with Crippen molar-refractivity contribution in [2.24, 2.45) is 5.92 Å². The Balaban J connectivity index is 1.41. The zero-order valence-corrected chi connectivity index (χ0v) is 13.5. The molecule has 3 rings (SSSR count). The molecule has 0 atom stereocenters. The number of furan rings is 1. The predicted molar refractivity (Wildman–Crippen MR) is 86.0 cm³/mol. The molecular formula is C17H25N3O3. The Hall–Kier alpha value is -1.82. The Morgan fingerprint density at radius 2 is 1.83 bits per heavy atom. The maximum absolute atomic E-state index is 12.3. The summed E-state index contributed by atoms with van der Waals surface area (Å²) < 4.78 is 5.15. The van der Waals surface area contributed by atoms with E-state index in [2.05, 4.69) is 5.32 Å². The van der Waals surface area contributed by atoms with E-state index in [0.29, 0.717) is 44.3 Å². The summed E-state index contributed by atoms with van der Waals surface area (Å²) in [6, 6.07) is 3.40. The molecule has 0 aliphatic carbocycles. The third-order valence-electron chi connectivity index (χ3n) is 4.88. The molecule has 23 heavy (non-hydrogen) atoms. The van der Waals surface area contributed by atoms with Gasteiger partial charge in [0.1, 0.15) is 0 Å². The normalized spacial score (nSPS) is 19.8. The molecule has 1 aromatic rings. The highest BCUT2D eigenvalue weighted by Crippen LogP contribution is 2.19. The Kier molecular flexibility index (Phi) is 5.33. The summed E-state index contributed by atoms with van der Waals surface area (Å²) >= 11 is 0. The number of piperidine rings is 1. The summed E-state index contributed by atoms with van der Waals surface area (Å²) in [4.78, 5) is 28.2. The zero-order valence-electron chi connectivity index (χ0n) is 13.5. The van der Waals surface area contributed by atoms with E-state index in [9.17, 15) is 9.59 Å². The maximum atomic E-state index is 12.3. The molecular weight excluding hydrogens is 294 g/mol. The monoisotopic (exact) mass is 319 g/mol. The van der Waals surface area contributed by atoms with Crippen molar-refractivity contribution in [3.8, 4) is 0 Å². The topological polar surface area (TPSA) is 65.8 Å². The van der Waals surface area contributed by atoms with Gasteiger partial charge in [-0.25, -0.2) is 0 Å². The number of piperazine rings is 1. The molecule has 2 aliphatic heterocycles. The Bertz CT molecular complexity index is 515. The summed E-state index contributed by atoms with van der Waals surface area (Å²) in [7, 11) is 0. The summed E-state index contributed by atoms with van der Waals surface area (Å²) in [6.07, 6.45) is 5.49. The van der Waals surface area contributed by atoms with Gasteiger partial charge in [-0.3, -0.25) is 9.59 Å². The van der Waals surface area contributed by atoms with Gasteiger partial charge in [-0.15, -0.1) is 0 Å². The van der Waals surface area contributed by atoms with Crippen LogP contribution in [0.15, 0.2) is 22.8 Å². The molecule has 0 spiro atoms. The highest BCUT2D eigenvalue weighted by Gasteiger charge is 2.26. The van der Waals surface area contributed by atoms with Gasteiger partial charge in [0.15, 0.2) is 5.76 Å². The molecule has 0 saturated carbocycles. The van der Waals surface area contributed by atoms with Crippen LogP contribution in [0.5, 0.6) is 0 Å². The molecule has 6 heteroatoms. The quantitative estimate of drug-likeness (QED) is 0.909. The fourth-order valence-corrected chi connectivity index (χ4v) is 3.37. The van der Waals surface area contributed by atoms with E-state index in [1.54, 1.807) is 17.0 Å². The molecule has 2 aliphatic rings. The van der Waals surface area contributed by atoms with Crippen LogP contribution in [0, 0.1) is 5.92 Å². The van der Waals surface area contributed by atoms with Crippen LogP contribution < -0.4 is 5.32 Å². The maximum Gasteiger partial charge on any atom is 0.289 e. The largest absolute Gasteiger partial charge is 0.459 e. The molecule has 2 fully saturated rings. The smallest absolute Gasteiger partial charge is 0.289 e. The van der Waals surface area contributed by atoms with E-state index >= 15 is 0 Å². The van der Waals surface area contributed by atoms with Gasteiger partial charge in [0.2, 0.25) is 5.91 Å². The number of hydrogen-bond acceptors (Lipinski definition) is 4. The highest BCUT2D eigenvalue weighted by molar-refractivity contribution is 5.91. The molecule has 3 heterocycles. The van der Waals surface area contributed by atoms with Gasteiger partial charge in [-0.2, -0.15) is 0 Å². The first-order valence-electron chi connectivity index (χ1n) is 8.55. The fraction of sp³-hybridized carbons (Fsp3) is 0.647. The van der Waals surface area contributed by atoms with E-state index in [1.165, 1.54) is 19.1 Å². The van der Waals surface area contributed by atoms with Crippen molar-refractivity contribution in [3.63, 3.8) is 0 Å². The van der Waals surface area contributed by atoms with Crippen LogP contribution >= 0.6 is 0 Å². The Morgan fingerprint density at radius 3 is 2.48 bits per heavy atom. The fourth-order valence-electron chi connectivity index (χ4n) is 3.37. The number of nitrogens with zero attached hydrogens (tertiary/aromatic N) is 2. The van der Waals surface area contributed by atoms with Crippen LogP contribution in [0.3, 0.4) is 0 Å². The number of carbonyl (C=O) groups is 2. The number of hydrogen-bond donors (Lipinski definition) is 1. The molecule has 126 valence electrons. The number of nitrogens with one attached hydrogen (secondary N) is 1. The van der Waals surface area contributed by atoms with Gasteiger partial charge in [-0.05, 0) is 50.4 Å². The van der Waals surface area contributed by atoms with E-state index < -0.39 is 0 Å². The van der Waals surface area contributed by atoms with Crippen molar-refractivity contribution in [3.05, 3.63) is 24.2 Å². The van der Waals surface area contributed by atoms with Crippen molar-refractivity contribution in [1.82, 2.24) is 15.1 Å². The first-order valence-corrected chi connectivity index (χ1v) is 8.55. The number of carbonyl (C=O) groups excluding carboxylic acids is 2. The van der Waals surface area contributed by atoms with Crippen LogP contribution in [0.1, 0.15) is 36.2 Å². The Morgan fingerprint density at radius 1 is 1.13 bits per heavy atom. The lowest BCUT2D eigenvalue weighted by atomic mass is 9.93. The third kappa shape index (κ3) is 4.13. The average molecular weight is 319 g/mol. The van der Waals surface area contributed by atoms with Gasteiger partial charge in [-0.1, -0.05) is 0 Å². The van der Waals surface area contributed by atoms with Crippen molar-refractivity contribution < 1.29 is 14.0 Å². The second-order valence-corrected chi connectivity index (χ2v) is 6.38. The molecule has 0 radical (unpaired) electrons. The minimum absolute atomic E-state index is 0.0863. The summed E-state index contributed by atoms with van der Waals surface area (Å²) in [5.41, 5.74) is 0. The van der Waals surface area contributed by atoms with Crippen LogP contribution in [0.2, 0.25) is 0 Å². The molecule has 0 unspecified atom stereocenters. The van der Waals surface area contributed by atoms with Crippen molar-refractivity contribution in [2.45, 2.75) is 25.7 Å². The van der Waals surface area contributed by atoms with Crippen LogP contribution in [-0.4, -0.2) is 60.9 Å². The van der Waals surface area contributed by atoms with Crippen LogP contribution in [0.25, 0.3) is 0 Å². The van der Waals surface area contributed by atoms with Gasteiger partial charge in [0.25, 0.3) is 5.91 Å². The highest BCUT2D eigenvalue weighted by atomic mass is 16.3. The second-order valence-electron chi connectivity index (χ2n) is 6.38. The minimum atomic E-state index is -0.0863. The van der Waals surface area contributed by atoms with Crippen molar-refractivity contribution >= 4 is 11.8 Å². The van der Waals surface area contributed by atoms with Gasteiger partial charge < -0.3 is 19.5 Å². The van der Waals surface area contributed by atoms with E-state index in [1.807, 2.05) is 4.90 Å². The standard InChI is InChI=1S/C17H25N3O3/c21-16(4-3-14-5-7-18-8-6-14)19-9-11-20(12-10-19)17(22)15-2-1-13-23-15/h1-2,13-14,18H,3-12H2. The first-order chi connectivity index (χ1) is 11.2. The molecule has 1 N–H and O–H groups in total. The number of amides is 2. The van der Waals surface area contributed by atoms with Crippen molar-refractivity contribution in [1.29, 1.82) is 0 Å². The first kappa shape index (κ1) is 16.1. The minimum Gasteiger partial charge on any atom is -0.459 e. The lowest BCUT2D eigenvalue weighted by Gasteiger charge is -2.34. The van der Waals surface area contributed by atoms with Gasteiger partial charge >= 0.3 is 0 Å². The predicted octanol–water partition coefficient (Wildman–Crippen LogP) is 1.34. The second kappa shape index (κ2) is 7.64.